The summed E-state index contributed by atoms with van der Waals surface area (Å²) in [6.45, 7) is 4.97. The normalized spacial score (nSPS) is 11.1. The number of aryl methyl sites for hydroxylation is 1. The van der Waals surface area contributed by atoms with Gasteiger partial charge >= 0.3 is 0 Å². The third-order valence-electron chi connectivity index (χ3n) is 1.72. The summed E-state index contributed by atoms with van der Waals surface area (Å²) in [6, 6.07) is 0. The first-order valence-corrected chi connectivity index (χ1v) is 4.19. The highest BCUT2D eigenvalue weighted by atomic mass is 15.3. The maximum Gasteiger partial charge on any atom is 0.153 e. The number of nitrogens with one attached hydrogen (secondary N) is 1. The van der Waals surface area contributed by atoms with Gasteiger partial charge in [-0.2, -0.15) is 5.10 Å². The van der Waals surface area contributed by atoms with E-state index in [2.05, 4.69) is 29.2 Å². The number of nitrogens with zero attached hydrogens (tertiary/aromatic N) is 3. The van der Waals surface area contributed by atoms with Crippen LogP contribution in [0.5, 0.6) is 0 Å². The fraction of sp³-hybridized carbons (Fsp3) is 0.750. The van der Waals surface area contributed by atoms with Crippen LogP contribution in [0.4, 0.5) is 0 Å². The fourth-order valence-electron chi connectivity index (χ4n) is 0.995. The topological polar surface area (TPSA) is 42.7 Å². The van der Waals surface area contributed by atoms with Crippen LogP contribution in [0.3, 0.4) is 0 Å². The van der Waals surface area contributed by atoms with Gasteiger partial charge in [-0.05, 0) is 7.05 Å². The molecule has 1 rings (SSSR count). The van der Waals surface area contributed by atoms with E-state index >= 15 is 0 Å². The molecule has 0 radical (unpaired) electrons. The summed E-state index contributed by atoms with van der Waals surface area (Å²) in [5.74, 6) is 2.31. The van der Waals surface area contributed by atoms with Crippen LogP contribution < -0.4 is 5.32 Å². The highest BCUT2D eigenvalue weighted by molar-refractivity contribution is 4.96. The first-order valence-electron chi connectivity index (χ1n) is 4.19. The minimum Gasteiger partial charge on any atom is -0.313 e. The zero-order valence-electron chi connectivity index (χ0n) is 8.13. The van der Waals surface area contributed by atoms with Crippen molar-refractivity contribution >= 4 is 0 Å². The Morgan fingerprint density at radius 2 is 2.17 bits per heavy atom. The van der Waals surface area contributed by atoms with Crippen molar-refractivity contribution in [3.8, 4) is 0 Å². The molecule has 0 aromatic carbocycles. The van der Waals surface area contributed by atoms with Gasteiger partial charge in [-0.1, -0.05) is 13.8 Å². The lowest BCUT2D eigenvalue weighted by molar-refractivity contribution is 0.652. The van der Waals surface area contributed by atoms with Crippen molar-refractivity contribution in [3.05, 3.63) is 11.6 Å². The van der Waals surface area contributed by atoms with Crippen LogP contribution in [0.15, 0.2) is 0 Å². The highest BCUT2D eigenvalue weighted by Crippen LogP contribution is 2.08. The van der Waals surface area contributed by atoms with Crippen LogP contribution in [0.1, 0.15) is 31.4 Å². The summed E-state index contributed by atoms with van der Waals surface area (Å²) >= 11 is 0. The van der Waals surface area contributed by atoms with Gasteiger partial charge in [-0.15, -0.1) is 0 Å². The van der Waals surface area contributed by atoms with Crippen LogP contribution in [-0.4, -0.2) is 21.8 Å². The Morgan fingerprint density at radius 1 is 1.50 bits per heavy atom. The second-order valence-electron chi connectivity index (χ2n) is 3.19. The lowest BCUT2D eigenvalue weighted by Crippen LogP contribution is -2.10. The fourth-order valence-corrected chi connectivity index (χ4v) is 0.995. The Hall–Kier alpha value is -0.900. The van der Waals surface area contributed by atoms with E-state index in [1.54, 1.807) is 0 Å². The van der Waals surface area contributed by atoms with Gasteiger partial charge in [0, 0.05) is 13.0 Å². The van der Waals surface area contributed by atoms with Crippen molar-refractivity contribution < 1.29 is 0 Å². The summed E-state index contributed by atoms with van der Waals surface area (Å²) in [4.78, 5) is 4.39. The molecule has 0 aliphatic rings. The van der Waals surface area contributed by atoms with Gasteiger partial charge in [0.05, 0.1) is 6.54 Å². The average Bonchev–Trinajstić information content (AvgIpc) is 2.34. The second kappa shape index (κ2) is 3.67. The molecule has 1 heterocycles. The van der Waals surface area contributed by atoms with E-state index in [0.717, 1.165) is 18.2 Å². The van der Waals surface area contributed by atoms with Crippen LogP contribution in [0.2, 0.25) is 0 Å². The number of hydrogen-bond donors (Lipinski definition) is 1. The Bertz CT molecular complexity index is 252. The Kier molecular flexibility index (Phi) is 2.81. The van der Waals surface area contributed by atoms with Crippen molar-refractivity contribution in [2.75, 3.05) is 7.05 Å². The molecule has 0 spiro atoms. The van der Waals surface area contributed by atoms with Crippen molar-refractivity contribution in [3.63, 3.8) is 0 Å². The van der Waals surface area contributed by atoms with Gasteiger partial charge in [-0.3, -0.25) is 4.68 Å². The summed E-state index contributed by atoms with van der Waals surface area (Å²) in [6.07, 6.45) is 0. The minimum absolute atomic E-state index is 0.404. The SMILES string of the molecule is CNCc1nc(C(C)C)nn1C. The Balaban J connectivity index is 2.85. The van der Waals surface area contributed by atoms with E-state index < -0.39 is 0 Å². The summed E-state index contributed by atoms with van der Waals surface area (Å²) in [7, 11) is 3.83. The van der Waals surface area contributed by atoms with Crippen molar-refractivity contribution in [2.24, 2.45) is 7.05 Å². The molecule has 4 nitrogen and oxygen atoms in total. The third-order valence-corrected chi connectivity index (χ3v) is 1.72. The molecule has 0 amide bonds. The molecule has 0 saturated heterocycles. The second-order valence-corrected chi connectivity index (χ2v) is 3.19. The standard InChI is InChI=1S/C8H16N4/c1-6(2)8-10-7(5-9-3)12(4)11-8/h6,9H,5H2,1-4H3. The zero-order valence-corrected chi connectivity index (χ0v) is 8.13. The van der Waals surface area contributed by atoms with E-state index in [-0.39, 0.29) is 0 Å². The average molecular weight is 168 g/mol. The Morgan fingerprint density at radius 3 is 2.58 bits per heavy atom. The van der Waals surface area contributed by atoms with Gasteiger partial charge in [0.25, 0.3) is 0 Å². The molecule has 0 saturated carbocycles. The monoisotopic (exact) mass is 168 g/mol. The van der Waals surface area contributed by atoms with Crippen molar-refractivity contribution in [1.29, 1.82) is 0 Å². The molecular weight excluding hydrogens is 152 g/mol. The van der Waals surface area contributed by atoms with E-state index in [1.165, 1.54) is 0 Å². The number of hydrogen-bond acceptors (Lipinski definition) is 3. The van der Waals surface area contributed by atoms with Crippen LogP contribution in [-0.2, 0) is 13.6 Å². The Labute approximate surface area is 73.0 Å². The van der Waals surface area contributed by atoms with E-state index in [0.29, 0.717) is 5.92 Å². The van der Waals surface area contributed by atoms with Gasteiger partial charge in [0.15, 0.2) is 5.82 Å². The molecule has 0 fully saturated rings. The maximum absolute atomic E-state index is 4.39. The molecule has 4 heteroatoms. The molecule has 1 aromatic rings. The maximum atomic E-state index is 4.39. The van der Waals surface area contributed by atoms with Crippen LogP contribution >= 0.6 is 0 Å². The molecule has 0 aliphatic heterocycles. The molecule has 0 aliphatic carbocycles. The predicted molar refractivity (Wildman–Crippen MR) is 47.9 cm³/mol. The van der Waals surface area contributed by atoms with Crippen molar-refractivity contribution in [1.82, 2.24) is 20.1 Å². The lowest BCUT2D eigenvalue weighted by atomic mass is 10.2. The lowest BCUT2D eigenvalue weighted by Gasteiger charge is -1.95. The summed E-state index contributed by atoms with van der Waals surface area (Å²) in [5.41, 5.74) is 0. The molecule has 68 valence electrons. The van der Waals surface area contributed by atoms with E-state index in [9.17, 15) is 0 Å². The molecule has 1 N–H and O–H groups in total. The van der Waals surface area contributed by atoms with Crippen LogP contribution in [0, 0.1) is 0 Å². The first kappa shape index (κ1) is 9.19. The first-order chi connectivity index (χ1) is 5.65. The van der Waals surface area contributed by atoms with Gasteiger partial charge in [-0.25, -0.2) is 4.98 Å². The molecule has 0 unspecified atom stereocenters. The summed E-state index contributed by atoms with van der Waals surface area (Å²) in [5, 5.41) is 7.35. The summed E-state index contributed by atoms with van der Waals surface area (Å²) < 4.78 is 1.83. The quantitative estimate of drug-likeness (QED) is 0.721. The van der Waals surface area contributed by atoms with Gasteiger partial charge in [0.1, 0.15) is 5.82 Å². The van der Waals surface area contributed by atoms with E-state index in [4.69, 9.17) is 0 Å². The molecule has 0 atom stereocenters. The molecule has 0 bridgehead atoms. The largest absolute Gasteiger partial charge is 0.313 e. The minimum atomic E-state index is 0.404. The highest BCUT2D eigenvalue weighted by Gasteiger charge is 2.08. The molecular formula is C8H16N4. The van der Waals surface area contributed by atoms with Crippen LogP contribution in [0.25, 0.3) is 0 Å². The molecule has 12 heavy (non-hydrogen) atoms. The molecule has 1 aromatic heterocycles. The van der Waals surface area contributed by atoms with E-state index in [1.807, 2.05) is 18.8 Å². The van der Waals surface area contributed by atoms with Crippen molar-refractivity contribution in [2.45, 2.75) is 26.3 Å². The number of rotatable bonds is 3. The zero-order chi connectivity index (χ0) is 9.14. The smallest absolute Gasteiger partial charge is 0.153 e. The van der Waals surface area contributed by atoms with Gasteiger partial charge in [0.2, 0.25) is 0 Å². The third kappa shape index (κ3) is 1.82. The number of aromatic nitrogens is 3. The van der Waals surface area contributed by atoms with Gasteiger partial charge < -0.3 is 5.32 Å². The predicted octanol–water partition coefficient (Wildman–Crippen LogP) is 0.658.